The minimum Gasteiger partial charge on any atom is -0.378 e. The molecule has 0 spiro atoms. The Kier molecular flexibility index (Phi) is 5.35. The van der Waals surface area contributed by atoms with Gasteiger partial charge in [-0.3, -0.25) is 9.89 Å². The first-order valence-corrected chi connectivity index (χ1v) is 6.90. The van der Waals surface area contributed by atoms with Gasteiger partial charge in [0, 0.05) is 25.4 Å². The molecule has 1 aliphatic rings. The monoisotopic (exact) mass is 266 g/mol. The molecule has 0 aromatic carbocycles. The van der Waals surface area contributed by atoms with Crippen LogP contribution in [0.1, 0.15) is 42.5 Å². The lowest BCUT2D eigenvalue weighted by atomic mass is 9.94. The van der Waals surface area contributed by atoms with Crippen LogP contribution in [0, 0.1) is 0 Å². The van der Waals surface area contributed by atoms with Crippen LogP contribution >= 0.6 is 0 Å². The molecule has 0 saturated heterocycles. The smallest absolute Gasteiger partial charge is 0.254 e. The topological polar surface area (TPSA) is 93.0 Å². The van der Waals surface area contributed by atoms with E-state index in [0.29, 0.717) is 30.9 Å². The third-order valence-electron chi connectivity index (χ3n) is 3.44. The number of amides is 1. The van der Waals surface area contributed by atoms with Gasteiger partial charge in [-0.25, -0.2) is 0 Å². The van der Waals surface area contributed by atoms with Gasteiger partial charge in [0.15, 0.2) is 0 Å². The van der Waals surface area contributed by atoms with Crippen LogP contribution in [-0.4, -0.2) is 41.4 Å². The van der Waals surface area contributed by atoms with Crippen molar-refractivity contribution in [3.8, 4) is 0 Å². The Labute approximate surface area is 113 Å². The Balaban J connectivity index is 1.51. The molecule has 1 aromatic rings. The fourth-order valence-electron chi connectivity index (χ4n) is 2.26. The quantitative estimate of drug-likeness (QED) is 0.664. The van der Waals surface area contributed by atoms with Gasteiger partial charge in [-0.1, -0.05) is 0 Å². The third kappa shape index (κ3) is 4.65. The number of hydrogen-bond acceptors (Lipinski definition) is 4. The molecule has 2 rings (SSSR count). The van der Waals surface area contributed by atoms with Crippen LogP contribution < -0.4 is 11.1 Å². The molecule has 4 N–H and O–H groups in total. The molecule has 1 amide bonds. The van der Waals surface area contributed by atoms with Crippen molar-refractivity contribution >= 4 is 5.91 Å². The van der Waals surface area contributed by atoms with Crippen molar-refractivity contribution < 1.29 is 9.53 Å². The van der Waals surface area contributed by atoms with Crippen LogP contribution in [-0.2, 0) is 4.74 Å². The van der Waals surface area contributed by atoms with Crippen molar-refractivity contribution in [2.45, 2.75) is 44.2 Å². The molecule has 1 saturated carbocycles. The zero-order valence-electron chi connectivity index (χ0n) is 11.1. The Bertz CT molecular complexity index is 372. The molecule has 0 radical (unpaired) electrons. The fraction of sp³-hybridized carbons (Fsp3) is 0.692. The molecule has 1 heterocycles. The van der Waals surface area contributed by atoms with Crippen LogP contribution in [0.2, 0.25) is 0 Å². The second-order valence-electron chi connectivity index (χ2n) is 5.00. The van der Waals surface area contributed by atoms with Gasteiger partial charge in [-0.05, 0) is 32.1 Å². The van der Waals surface area contributed by atoms with Gasteiger partial charge in [0.2, 0.25) is 0 Å². The summed E-state index contributed by atoms with van der Waals surface area (Å²) in [4.78, 5) is 11.6. The van der Waals surface area contributed by atoms with Crippen LogP contribution in [0.15, 0.2) is 12.4 Å². The van der Waals surface area contributed by atoms with Gasteiger partial charge in [-0.15, -0.1) is 0 Å². The van der Waals surface area contributed by atoms with Crippen LogP contribution in [0.5, 0.6) is 0 Å². The molecule has 6 heteroatoms. The molecular weight excluding hydrogens is 244 g/mol. The molecule has 6 nitrogen and oxygen atoms in total. The number of carbonyl (C=O) groups excluding carboxylic acids is 1. The van der Waals surface area contributed by atoms with Crippen molar-refractivity contribution in [3.05, 3.63) is 18.0 Å². The second-order valence-corrected chi connectivity index (χ2v) is 5.00. The second kappa shape index (κ2) is 7.25. The maximum absolute atomic E-state index is 11.6. The van der Waals surface area contributed by atoms with Crippen LogP contribution in [0.4, 0.5) is 0 Å². The van der Waals surface area contributed by atoms with E-state index >= 15 is 0 Å². The van der Waals surface area contributed by atoms with Crippen LogP contribution in [0.25, 0.3) is 0 Å². The first-order chi connectivity index (χ1) is 9.25. The largest absolute Gasteiger partial charge is 0.378 e. The fourth-order valence-corrected chi connectivity index (χ4v) is 2.26. The summed E-state index contributed by atoms with van der Waals surface area (Å²) in [6.07, 6.45) is 8.50. The number of nitrogens with zero attached hydrogens (tertiary/aromatic N) is 1. The summed E-state index contributed by atoms with van der Waals surface area (Å²) in [6, 6.07) is 0.356. The Morgan fingerprint density at radius 3 is 2.95 bits per heavy atom. The lowest BCUT2D eigenvalue weighted by Crippen LogP contribution is -2.31. The first kappa shape index (κ1) is 14.0. The maximum atomic E-state index is 11.6. The van der Waals surface area contributed by atoms with Gasteiger partial charge >= 0.3 is 0 Å². The number of rotatable bonds is 6. The lowest BCUT2D eigenvalue weighted by molar-refractivity contribution is 0.0241. The molecule has 0 unspecified atom stereocenters. The number of nitrogens with two attached hydrogens (primary N) is 1. The van der Waals surface area contributed by atoms with Crippen molar-refractivity contribution in [1.29, 1.82) is 0 Å². The summed E-state index contributed by atoms with van der Waals surface area (Å²) in [5.41, 5.74) is 6.40. The highest BCUT2D eigenvalue weighted by molar-refractivity contribution is 5.93. The van der Waals surface area contributed by atoms with Crippen LogP contribution in [0.3, 0.4) is 0 Å². The predicted octanol–water partition coefficient (Wildman–Crippen LogP) is 0.816. The number of carbonyl (C=O) groups is 1. The minimum absolute atomic E-state index is 0.0996. The molecule has 0 atom stereocenters. The summed E-state index contributed by atoms with van der Waals surface area (Å²) in [6.45, 7) is 1.31. The average Bonchev–Trinajstić information content (AvgIpc) is 2.94. The summed E-state index contributed by atoms with van der Waals surface area (Å²) < 4.78 is 5.78. The van der Waals surface area contributed by atoms with E-state index in [9.17, 15) is 4.79 Å². The molecule has 1 fully saturated rings. The SMILES string of the molecule is NC1CCC(OCCCNC(=O)c2cn[nH]c2)CC1. The molecule has 0 bridgehead atoms. The number of H-pyrrole nitrogens is 1. The Morgan fingerprint density at radius 1 is 1.47 bits per heavy atom. The van der Waals surface area contributed by atoms with Crippen molar-refractivity contribution in [2.24, 2.45) is 5.73 Å². The van der Waals surface area contributed by atoms with E-state index in [4.69, 9.17) is 10.5 Å². The van der Waals surface area contributed by atoms with E-state index in [0.717, 1.165) is 32.1 Å². The van der Waals surface area contributed by atoms with E-state index in [1.807, 2.05) is 0 Å². The highest BCUT2D eigenvalue weighted by Crippen LogP contribution is 2.19. The maximum Gasteiger partial charge on any atom is 0.254 e. The van der Waals surface area contributed by atoms with E-state index in [1.165, 1.54) is 6.20 Å². The van der Waals surface area contributed by atoms with E-state index in [-0.39, 0.29) is 5.91 Å². The zero-order chi connectivity index (χ0) is 13.5. The summed E-state index contributed by atoms with van der Waals surface area (Å²) in [5, 5.41) is 9.18. The summed E-state index contributed by atoms with van der Waals surface area (Å²) >= 11 is 0. The number of ether oxygens (including phenoxy) is 1. The Morgan fingerprint density at radius 2 is 2.26 bits per heavy atom. The van der Waals surface area contributed by atoms with E-state index < -0.39 is 0 Å². The standard InChI is InChI=1S/C13H22N4O2/c14-11-2-4-12(5-3-11)19-7-1-6-15-13(18)10-8-16-17-9-10/h8-9,11-12H,1-7,14H2,(H,15,18)(H,16,17). The normalized spacial score (nSPS) is 23.2. The molecule has 19 heavy (non-hydrogen) atoms. The van der Waals surface area contributed by atoms with Gasteiger partial charge in [0.1, 0.15) is 0 Å². The van der Waals surface area contributed by atoms with Gasteiger partial charge < -0.3 is 15.8 Å². The molecule has 1 aromatic heterocycles. The first-order valence-electron chi connectivity index (χ1n) is 6.90. The van der Waals surface area contributed by atoms with Gasteiger partial charge in [0.25, 0.3) is 5.91 Å². The predicted molar refractivity (Wildman–Crippen MR) is 71.7 cm³/mol. The van der Waals surface area contributed by atoms with Crippen molar-refractivity contribution in [1.82, 2.24) is 15.5 Å². The number of aromatic amines is 1. The number of hydrogen-bond donors (Lipinski definition) is 3. The average molecular weight is 266 g/mol. The molecule has 106 valence electrons. The van der Waals surface area contributed by atoms with Gasteiger partial charge in [-0.2, -0.15) is 5.10 Å². The van der Waals surface area contributed by atoms with Crippen molar-refractivity contribution in [2.75, 3.05) is 13.2 Å². The zero-order valence-corrected chi connectivity index (χ0v) is 11.1. The van der Waals surface area contributed by atoms with E-state index in [1.54, 1.807) is 6.20 Å². The summed E-state index contributed by atoms with van der Waals surface area (Å²) in [5.74, 6) is -0.0996. The Hall–Kier alpha value is -1.40. The summed E-state index contributed by atoms with van der Waals surface area (Å²) in [7, 11) is 0. The molecule has 0 aliphatic heterocycles. The van der Waals surface area contributed by atoms with E-state index in [2.05, 4.69) is 15.5 Å². The number of aromatic nitrogens is 2. The number of nitrogens with one attached hydrogen (secondary N) is 2. The third-order valence-corrected chi connectivity index (χ3v) is 3.44. The molecular formula is C13H22N4O2. The lowest BCUT2D eigenvalue weighted by Gasteiger charge is -2.26. The molecule has 1 aliphatic carbocycles. The minimum atomic E-state index is -0.0996. The van der Waals surface area contributed by atoms with Crippen molar-refractivity contribution in [3.63, 3.8) is 0 Å². The van der Waals surface area contributed by atoms with Gasteiger partial charge in [0.05, 0.1) is 17.9 Å². The highest BCUT2D eigenvalue weighted by atomic mass is 16.5. The highest BCUT2D eigenvalue weighted by Gasteiger charge is 2.18.